The smallest absolute Gasteiger partial charge is 0.262 e. The molecule has 3 rings (SSSR count). The van der Waals surface area contributed by atoms with Crippen molar-refractivity contribution in [1.82, 2.24) is 10.2 Å². The minimum atomic E-state index is -0.632. The molecular formula is C11H8N2O3. The van der Waals surface area contributed by atoms with Crippen LogP contribution >= 0.6 is 0 Å². The minimum absolute atomic E-state index is 0.269. The lowest BCUT2D eigenvalue weighted by molar-refractivity contribution is -0.130. The molecule has 0 aliphatic carbocycles. The summed E-state index contributed by atoms with van der Waals surface area (Å²) in [5.41, 5.74) is 0.763. The Morgan fingerprint density at radius 1 is 1.06 bits per heavy atom. The lowest BCUT2D eigenvalue weighted by Gasteiger charge is -2.32. The average Bonchev–Trinajstić information content (AvgIpc) is 2.54. The van der Waals surface area contributed by atoms with E-state index in [1.54, 1.807) is 24.3 Å². The van der Waals surface area contributed by atoms with Gasteiger partial charge in [-0.25, -0.2) is 0 Å². The summed E-state index contributed by atoms with van der Waals surface area (Å²) >= 11 is 0. The third-order valence-electron chi connectivity index (χ3n) is 2.91. The summed E-state index contributed by atoms with van der Waals surface area (Å²) in [7, 11) is 0. The van der Waals surface area contributed by atoms with Crippen LogP contribution in [0.25, 0.3) is 0 Å². The first-order valence-corrected chi connectivity index (χ1v) is 4.95. The second-order valence-electron chi connectivity index (χ2n) is 3.79. The molecule has 1 N–H and O–H groups in total. The Balaban J connectivity index is 2.04. The summed E-state index contributed by atoms with van der Waals surface area (Å²) in [5.74, 6) is -1.02. The van der Waals surface area contributed by atoms with E-state index in [1.807, 2.05) is 0 Å². The highest BCUT2D eigenvalue weighted by Gasteiger charge is 2.45. The molecule has 1 atom stereocenters. The third-order valence-corrected chi connectivity index (χ3v) is 2.91. The molecule has 0 bridgehead atoms. The molecule has 5 heteroatoms. The highest BCUT2D eigenvalue weighted by atomic mass is 16.2. The molecule has 3 amide bonds. The molecule has 80 valence electrons. The second-order valence-corrected chi connectivity index (χ2v) is 3.79. The molecule has 0 radical (unpaired) electrons. The van der Waals surface area contributed by atoms with Crippen LogP contribution in [0.5, 0.6) is 0 Å². The molecule has 0 unspecified atom stereocenters. The van der Waals surface area contributed by atoms with Gasteiger partial charge in [0.25, 0.3) is 11.8 Å². The van der Waals surface area contributed by atoms with Gasteiger partial charge in [-0.1, -0.05) is 12.1 Å². The maximum atomic E-state index is 11.9. The topological polar surface area (TPSA) is 66.5 Å². The van der Waals surface area contributed by atoms with Crippen molar-refractivity contribution in [3.8, 4) is 0 Å². The summed E-state index contributed by atoms with van der Waals surface area (Å²) in [6.07, 6.45) is 0. The third kappa shape index (κ3) is 0.970. The summed E-state index contributed by atoms with van der Waals surface area (Å²) in [6, 6.07) is 5.98. The van der Waals surface area contributed by atoms with Crippen LogP contribution in [-0.2, 0) is 4.79 Å². The standard InChI is InChI=1S/C11H8N2O3/c14-9-8(5-12-9)13-10(15)6-3-1-2-4-7(6)11(13)16/h1-4,8H,5H2,(H,12,14)/t8-/m0/s1. The van der Waals surface area contributed by atoms with E-state index in [1.165, 1.54) is 0 Å². The SMILES string of the molecule is O=C1NC[C@@H]1N1C(=O)c2ccccc2C1=O. The largest absolute Gasteiger partial charge is 0.352 e. The van der Waals surface area contributed by atoms with Gasteiger partial charge in [0.2, 0.25) is 5.91 Å². The van der Waals surface area contributed by atoms with Crippen molar-refractivity contribution in [3.63, 3.8) is 0 Å². The zero-order valence-electron chi connectivity index (χ0n) is 8.27. The van der Waals surface area contributed by atoms with E-state index in [4.69, 9.17) is 0 Å². The van der Waals surface area contributed by atoms with E-state index in [0.717, 1.165) is 4.90 Å². The first-order valence-electron chi connectivity index (χ1n) is 4.95. The van der Waals surface area contributed by atoms with Crippen molar-refractivity contribution >= 4 is 17.7 Å². The molecule has 0 aromatic heterocycles. The van der Waals surface area contributed by atoms with Gasteiger partial charge < -0.3 is 5.32 Å². The van der Waals surface area contributed by atoms with E-state index in [0.29, 0.717) is 17.7 Å². The van der Waals surface area contributed by atoms with Gasteiger partial charge in [-0.15, -0.1) is 0 Å². The van der Waals surface area contributed by atoms with Gasteiger partial charge in [-0.3, -0.25) is 19.3 Å². The molecule has 0 spiro atoms. The Labute approximate surface area is 91.0 Å². The first-order chi connectivity index (χ1) is 7.70. The highest BCUT2D eigenvalue weighted by Crippen LogP contribution is 2.25. The van der Waals surface area contributed by atoms with Gasteiger partial charge in [-0.05, 0) is 12.1 Å². The van der Waals surface area contributed by atoms with Crippen molar-refractivity contribution in [2.45, 2.75) is 6.04 Å². The second kappa shape index (κ2) is 2.91. The maximum Gasteiger partial charge on any atom is 0.262 e. The predicted molar refractivity (Wildman–Crippen MR) is 53.7 cm³/mol. The number of hydrogen-bond acceptors (Lipinski definition) is 3. The molecule has 1 aromatic rings. The van der Waals surface area contributed by atoms with Gasteiger partial charge in [-0.2, -0.15) is 0 Å². The number of imide groups is 1. The molecule has 5 nitrogen and oxygen atoms in total. The Morgan fingerprint density at radius 3 is 2.00 bits per heavy atom. The van der Waals surface area contributed by atoms with E-state index in [2.05, 4.69) is 5.32 Å². The summed E-state index contributed by atoms with van der Waals surface area (Å²) in [6.45, 7) is 0.351. The number of nitrogens with one attached hydrogen (secondary N) is 1. The molecule has 2 heterocycles. The van der Waals surface area contributed by atoms with Gasteiger partial charge >= 0.3 is 0 Å². The fourth-order valence-corrected chi connectivity index (χ4v) is 1.98. The number of hydrogen-bond donors (Lipinski definition) is 1. The molecule has 1 saturated heterocycles. The summed E-state index contributed by atoms with van der Waals surface area (Å²) in [5, 5.41) is 2.52. The molecule has 0 saturated carbocycles. The van der Waals surface area contributed by atoms with Crippen molar-refractivity contribution < 1.29 is 14.4 Å². The lowest BCUT2D eigenvalue weighted by Crippen LogP contribution is -2.63. The summed E-state index contributed by atoms with van der Waals surface area (Å²) < 4.78 is 0. The van der Waals surface area contributed by atoms with Crippen molar-refractivity contribution in [2.75, 3.05) is 6.54 Å². The lowest BCUT2D eigenvalue weighted by atomic mass is 10.1. The highest BCUT2D eigenvalue weighted by molar-refractivity contribution is 6.23. The van der Waals surface area contributed by atoms with Crippen LogP contribution in [0.2, 0.25) is 0 Å². The quantitative estimate of drug-likeness (QED) is 0.521. The number of β-lactam (4-membered cyclic amide) rings is 1. The summed E-state index contributed by atoms with van der Waals surface area (Å²) in [4.78, 5) is 36.1. The van der Waals surface area contributed by atoms with Crippen LogP contribution in [0, 0.1) is 0 Å². The van der Waals surface area contributed by atoms with Crippen LogP contribution in [0.4, 0.5) is 0 Å². The number of benzene rings is 1. The Morgan fingerprint density at radius 2 is 1.62 bits per heavy atom. The van der Waals surface area contributed by atoms with Gasteiger partial charge in [0.1, 0.15) is 6.04 Å². The number of amides is 3. The van der Waals surface area contributed by atoms with Crippen LogP contribution < -0.4 is 5.32 Å². The number of carbonyl (C=O) groups excluding carboxylic acids is 3. The first kappa shape index (κ1) is 9.08. The minimum Gasteiger partial charge on any atom is -0.352 e. The van der Waals surface area contributed by atoms with E-state index >= 15 is 0 Å². The number of nitrogens with zero attached hydrogens (tertiary/aromatic N) is 1. The van der Waals surface area contributed by atoms with Crippen LogP contribution in [0.3, 0.4) is 0 Å². The average molecular weight is 216 g/mol. The monoisotopic (exact) mass is 216 g/mol. The van der Waals surface area contributed by atoms with Crippen molar-refractivity contribution in [2.24, 2.45) is 0 Å². The zero-order chi connectivity index (χ0) is 11.3. The Kier molecular flexibility index (Phi) is 1.65. The number of fused-ring (bicyclic) bond motifs is 1. The fraction of sp³-hybridized carbons (Fsp3) is 0.182. The molecular weight excluding hydrogens is 208 g/mol. The van der Waals surface area contributed by atoms with E-state index in [-0.39, 0.29) is 17.7 Å². The van der Waals surface area contributed by atoms with Gasteiger partial charge in [0.15, 0.2) is 0 Å². The van der Waals surface area contributed by atoms with Gasteiger partial charge in [0, 0.05) is 6.54 Å². The zero-order valence-corrected chi connectivity index (χ0v) is 8.27. The molecule has 2 aliphatic rings. The van der Waals surface area contributed by atoms with Gasteiger partial charge in [0.05, 0.1) is 11.1 Å². The number of carbonyl (C=O) groups is 3. The van der Waals surface area contributed by atoms with Crippen LogP contribution in [-0.4, -0.2) is 35.2 Å². The number of rotatable bonds is 1. The van der Waals surface area contributed by atoms with Crippen molar-refractivity contribution in [3.05, 3.63) is 35.4 Å². The normalized spacial score (nSPS) is 22.9. The van der Waals surface area contributed by atoms with Crippen LogP contribution in [0.1, 0.15) is 20.7 Å². The van der Waals surface area contributed by atoms with E-state index in [9.17, 15) is 14.4 Å². The Bertz CT molecular complexity index is 489. The maximum absolute atomic E-state index is 11.9. The molecule has 16 heavy (non-hydrogen) atoms. The molecule has 1 fully saturated rings. The predicted octanol–water partition coefficient (Wildman–Crippen LogP) is -0.219. The molecule has 2 aliphatic heterocycles. The Hall–Kier alpha value is -2.17. The molecule has 1 aromatic carbocycles. The fourth-order valence-electron chi connectivity index (χ4n) is 1.98. The van der Waals surface area contributed by atoms with Crippen LogP contribution in [0.15, 0.2) is 24.3 Å². The van der Waals surface area contributed by atoms with E-state index < -0.39 is 6.04 Å². The van der Waals surface area contributed by atoms with Crippen molar-refractivity contribution in [1.29, 1.82) is 0 Å².